The third-order valence-electron chi connectivity index (χ3n) is 4.00. The van der Waals surface area contributed by atoms with Gasteiger partial charge in [0.25, 0.3) is 0 Å². The lowest BCUT2D eigenvalue weighted by Gasteiger charge is -2.28. The van der Waals surface area contributed by atoms with Crippen molar-refractivity contribution in [3.05, 3.63) is 42.3 Å². The first kappa shape index (κ1) is 17.4. The fourth-order valence-corrected chi connectivity index (χ4v) is 2.72. The maximum atomic E-state index is 9.36. The van der Waals surface area contributed by atoms with Crippen LogP contribution in [0.4, 0.5) is 5.69 Å². The van der Waals surface area contributed by atoms with E-state index in [0.717, 1.165) is 42.8 Å². The number of nitrogens with two attached hydrogens (primary N) is 1. The van der Waals surface area contributed by atoms with Crippen LogP contribution in [0.25, 0.3) is 10.9 Å². The normalized spacial score (nSPS) is 15.9. The molecule has 2 heterocycles. The molecular weight excluding hydrogens is 290 g/mol. The van der Waals surface area contributed by atoms with Crippen molar-refractivity contribution in [3.8, 4) is 0 Å². The van der Waals surface area contributed by atoms with Crippen LogP contribution in [0.5, 0.6) is 0 Å². The van der Waals surface area contributed by atoms with Gasteiger partial charge in [-0.2, -0.15) is 0 Å². The molecule has 4 N–H and O–H groups in total. The van der Waals surface area contributed by atoms with Crippen molar-refractivity contribution in [2.75, 3.05) is 31.2 Å². The zero-order valence-electron chi connectivity index (χ0n) is 14.0. The lowest BCUT2D eigenvalue weighted by atomic mass is 10.0. The summed E-state index contributed by atoms with van der Waals surface area (Å²) in [6, 6.07) is 5.97. The van der Waals surface area contributed by atoms with Crippen LogP contribution in [0.15, 0.2) is 36.7 Å². The van der Waals surface area contributed by atoms with Crippen molar-refractivity contribution >= 4 is 16.6 Å². The number of morpholine rings is 1. The summed E-state index contributed by atoms with van der Waals surface area (Å²) < 4.78 is 5.38. The quantitative estimate of drug-likeness (QED) is 0.758. The van der Waals surface area contributed by atoms with Crippen LogP contribution in [0.1, 0.15) is 19.4 Å². The molecule has 23 heavy (non-hydrogen) atoms. The Bertz CT molecular complexity index is 645. The van der Waals surface area contributed by atoms with Crippen molar-refractivity contribution in [1.82, 2.24) is 4.98 Å². The summed E-state index contributed by atoms with van der Waals surface area (Å²) in [7, 11) is 0. The fraction of sp³-hybridized carbons (Fsp3) is 0.444. The molecule has 1 aliphatic rings. The predicted molar refractivity (Wildman–Crippen MR) is 96.1 cm³/mol. The van der Waals surface area contributed by atoms with Gasteiger partial charge in [-0.15, -0.1) is 0 Å². The molecule has 3 rings (SSSR count). The maximum Gasteiger partial charge on any atom is 0.102 e. The number of aliphatic hydroxyl groups is 1. The van der Waals surface area contributed by atoms with Crippen LogP contribution in [0.3, 0.4) is 0 Å². The number of nitrogens with zero attached hydrogens (tertiary/aromatic N) is 1. The predicted octanol–water partition coefficient (Wildman–Crippen LogP) is 2.97. The Kier molecular flexibility index (Phi) is 6.07. The van der Waals surface area contributed by atoms with Crippen molar-refractivity contribution < 1.29 is 9.84 Å². The van der Waals surface area contributed by atoms with Gasteiger partial charge >= 0.3 is 0 Å². The van der Waals surface area contributed by atoms with Gasteiger partial charge in [-0.3, -0.25) is 0 Å². The minimum absolute atomic E-state index is 0.0225. The SMILES string of the molecule is C=C(O)C(N)Cc1c[nH]c2cc(N3CCOCC3)ccc12.CC. The van der Waals surface area contributed by atoms with Crippen LogP contribution >= 0.6 is 0 Å². The lowest BCUT2D eigenvalue weighted by Crippen LogP contribution is -2.36. The molecule has 1 fully saturated rings. The number of rotatable bonds is 4. The molecule has 1 saturated heterocycles. The number of hydrogen-bond donors (Lipinski definition) is 3. The molecule has 126 valence electrons. The van der Waals surface area contributed by atoms with E-state index in [2.05, 4.69) is 34.7 Å². The summed E-state index contributed by atoms with van der Waals surface area (Å²) in [5.74, 6) is 0.0225. The van der Waals surface area contributed by atoms with E-state index in [1.165, 1.54) is 5.69 Å². The van der Waals surface area contributed by atoms with E-state index < -0.39 is 6.04 Å². The van der Waals surface area contributed by atoms with Gasteiger partial charge in [0.2, 0.25) is 0 Å². The van der Waals surface area contributed by atoms with Crippen molar-refractivity contribution in [2.24, 2.45) is 5.73 Å². The van der Waals surface area contributed by atoms with Crippen LogP contribution in [0.2, 0.25) is 0 Å². The molecule has 0 amide bonds. The molecule has 1 aliphatic heterocycles. The molecule has 0 radical (unpaired) electrons. The lowest BCUT2D eigenvalue weighted by molar-refractivity contribution is 0.122. The second-order valence-corrected chi connectivity index (χ2v) is 5.45. The molecule has 5 heteroatoms. The molecule has 0 bridgehead atoms. The van der Waals surface area contributed by atoms with Gasteiger partial charge in [-0.1, -0.05) is 26.5 Å². The summed E-state index contributed by atoms with van der Waals surface area (Å²) in [5.41, 5.74) is 9.25. The minimum atomic E-state index is -0.428. The number of H-pyrrole nitrogens is 1. The van der Waals surface area contributed by atoms with Crippen LogP contribution in [-0.4, -0.2) is 42.4 Å². The molecule has 5 nitrogen and oxygen atoms in total. The van der Waals surface area contributed by atoms with E-state index in [-0.39, 0.29) is 5.76 Å². The first-order valence-electron chi connectivity index (χ1n) is 8.21. The Balaban J connectivity index is 0.000000924. The van der Waals surface area contributed by atoms with E-state index in [0.29, 0.717) is 6.42 Å². The molecule has 0 aliphatic carbocycles. The Morgan fingerprint density at radius 3 is 2.74 bits per heavy atom. The first-order chi connectivity index (χ1) is 11.1. The van der Waals surface area contributed by atoms with Crippen molar-refractivity contribution in [1.29, 1.82) is 0 Å². The maximum absolute atomic E-state index is 9.36. The summed E-state index contributed by atoms with van der Waals surface area (Å²) in [4.78, 5) is 5.61. The van der Waals surface area contributed by atoms with Gasteiger partial charge in [0, 0.05) is 35.9 Å². The third-order valence-corrected chi connectivity index (χ3v) is 4.00. The first-order valence-corrected chi connectivity index (χ1v) is 8.21. The highest BCUT2D eigenvalue weighted by molar-refractivity contribution is 5.86. The number of aromatic amines is 1. The zero-order chi connectivity index (χ0) is 16.8. The zero-order valence-corrected chi connectivity index (χ0v) is 14.0. The number of anilines is 1. The summed E-state index contributed by atoms with van der Waals surface area (Å²) in [5, 5.41) is 10.5. The second-order valence-electron chi connectivity index (χ2n) is 5.45. The molecule has 1 unspecified atom stereocenters. The van der Waals surface area contributed by atoms with Crippen molar-refractivity contribution in [3.63, 3.8) is 0 Å². The molecule has 0 saturated carbocycles. The second kappa shape index (κ2) is 8.04. The Morgan fingerprint density at radius 2 is 2.09 bits per heavy atom. The monoisotopic (exact) mass is 317 g/mol. The highest BCUT2D eigenvalue weighted by Gasteiger charge is 2.14. The summed E-state index contributed by atoms with van der Waals surface area (Å²) in [6.07, 6.45) is 2.53. The molecule has 1 atom stereocenters. The number of aromatic nitrogens is 1. The van der Waals surface area contributed by atoms with E-state index in [9.17, 15) is 5.11 Å². The van der Waals surface area contributed by atoms with E-state index in [4.69, 9.17) is 10.5 Å². The highest BCUT2D eigenvalue weighted by atomic mass is 16.5. The van der Waals surface area contributed by atoms with E-state index in [1.807, 2.05) is 20.0 Å². The highest BCUT2D eigenvalue weighted by Crippen LogP contribution is 2.25. The van der Waals surface area contributed by atoms with Gasteiger partial charge in [0.1, 0.15) is 5.76 Å². The average Bonchev–Trinajstić information content (AvgIpc) is 2.99. The number of hydrogen-bond acceptors (Lipinski definition) is 4. The molecule has 1 aromatic carbocycles. The van der Waals surface area contributed by atoms with E-state index >= 15 is 0 Å². The topological polar surface area (TPSA) is 74.5 Å². The van der Waals surface area contributed by atoms with Gasteiger partial charge in [-0.05, 0) is 24.1 Å². The Hall–Kier alpha value is -1.98. The van der Waals surface area contributed by atoms with Crippen LogP contribution in [0, 0.1) is 0 Å². The number of aliphatic hydroxyl groups excluding tert-OH is 1. The number of nitrogens with one attached hydrogen (secondary N) is 1. The van der Waals surface area contributed by atoms with E-state index in [1.54, 1.807) is 0 Å². The average molecular weight is 317 g/mol. The van der Waals surface area contributed by atoms with Gasteiger partial charge in [0.05, 0.1) is 19.3 Å². The van der Waals surface area contributed by atoms with Crippen molar-refractivity contribution in [2.45, 2.75) is 26.3 Å². The van der Waals surface area contributed by atoms with Crippen LogP contribution in [-0.2, 0) is 11.2 Å². The Morgan fingerprint density at radius 1 is 1.39 bits per heavy atom. The third kappa shape index (κ3) is 4.06. The molecule has 1 aromatic heterocycles. The van der Waals surface area contributed by atoms with Crippen LogP contribution < -0.4 is 10.6 Å². The smallest absolute Gasteiger partial charge is 0.102 e. The fourth-order valence-electron chi connectivity index (χ4n) is 2.72. The number of fused-ring (bicyclic) bond motifs is 1. The largest absolute Gasteiger partial charge is 0.511 e. The van der Waals surface area contributed by atoms with Gasteiger partial charge < -0.3 is 25.5 Å². The summed E-state index contributed by atoms with van der Waals surface area (Å²) in [6.45, 7) is 10.9. The molecular formula is C18H27N3O2. The molecule has 0 spiro atoms. The van der Waals surface area contributed by atoms with Gasteiger partial charge in [0.15, 0.2) is 0 Å². The summed E-state index contributed by atoms with van der Waals surface area (Å²) >= 11 is 0. The van der Waals surface area contributed by atoms with Gasteiger partial charge in [-0.25, -0.2) is 0 Å². The standard InChI is InChI=1S/C16H21N3O2.C2H6/c1-11(20)15(17)8-12-10-18-16-9-13(2-3-14(12)16)19-4-6-21-7-5-19;1-2/h2-3,9-10,15,18,20H,1,4-8,17H2;1-2H3. The number of ether oxygens (including phenoxy) is 1. The molecule has 2 aromatic rings. The number of benzene rings is 1. The Labute approximate surface area is 137 Å². The minimum Gasteiger partial charge on any atom is -0.511 e.